The lowest BCUT2D eigenvalue weighted by atomic mass is 10.2. The van der Waals surface area contributed by atoms with Gasteiger partial charge in [-0.05, 0) is 29.3 Å². The van der Waals surface area contributed by atoms with Crippen LogP contribution < -0.4 is 10.1 Å². The first-order valence-electron chi connectivity index (χ1n) is 7.97. The van der Waals surface area contributed by atoms with E-state index in [1.807, 2.05) is 48.5 Å². The van der Waals surface area contributed by atoms with Gasteiger partial charge in [-0.1, -0.05) is 41.9 Å². The van der Waals surface area contributed by atoms with Gasteiger partial charge < -0.3 is 10.1 Å². The van der Waals surface area contributed by atoms with Crippen molar-refractivity contribution in [1.82, 2.24) is 5.32 Å². The molecule has 0 heterocycles. The molecule has 0 unspecified atom stereocenters. The van der Waals surface area contributed by atoms with Crippen molar-refractivity contribution in [3.05, 3.63) is 64.7 Å². The molecule has 0 saturated carbocycles. The van der Waals surface area contributed by atoms with Crippen LogP contribution in [-0.4, -0.2) is 31.1 Å². The topological polar surface area (TPSA) is 38.3 Å². The minimum Gasteiger partial charge on any atom is -0.497 e. The van der Waals surface area contributed by atoms with Crippen LogP contribution in [0.1, 0.15) is 11.1 Å². The molecule has 0 aliphatic carbocycles. The van der Waals surface area contributed by atoms with Gasteiger partial charge in [0.05, 0.1) is 12.9 Å². The van der Waals surface area contributed by atoms with Gasteiger partial charge in [0.2, 0.25) is 5.91 Å². The van der Waals surface area contributed by atoms with E-state index < -0.39 is 0 Å². The van der Waals surface area contributed by atoms with E-state index >= 15 is 0 Å². The van der Waals surface area contributed by atoms with Crippen molar-refractivity contribution in [2.24, 2.45) is 0 Å². The minimum atomic E-state index is 0.0804. The standard InChI is InChI=1S/C19H22ClNO2S2/c1-23-17-8-6-15(7-9-17)12-25-14-19(22)21-10-11-24-13-16-4-2-3-5-18(16)20/h2-9H,10-14H2,1H3,(H,21,22). The highest BCUT2D eigenvalue weighted by Crippen LogP contribution is 2.20. The summed E-state index contributed by atoms with van der Waals surface area (Å²) in [5, 5.41) is 3.75. The van der Waals surface area contributed by atoms with Crippen molar-refractivity contribution >= 4 is 41.0 Å². The number of amides is 1. The molecule has 0 bridgehead atoms. The fraction of sp³-hybridized carbons (Fsp3) is 0.316. The number of hydrogen-bond acceptors (Lipinski definition) is 4. The van der Waals surface area contributed by atoms with Gasteiger partial charge in [-0.2, -0.15) is 11.8 Å². The van der Waals surface area contributed by atoms with E-state index in [0.29, 0.717) is 12.3 Å². The second-order valence-electron chi connectivity index (χ2n) is 5.33. The van der Waals surface area contributed by atoms with Crippen molar-refractivity contribution in [2.45, 2.75) is 11.5 Å². The summed E-state index contributed by atoms with van der Waals surface area (Å²) in [5.41, 5.74) is 2.32. The number of carbonyl (C=O) groups excluding carboxylic acids is 1. The molecule has 2 rings (SSSR count). The van der Waals surface area contributed by atoms with Crippen LogP contribution >= 0.6 is 35.1 Å². The third kappa shape index (κ3) is 7.63. The number of nitrogens with one attached hydrogen (secondary N) is 1. The van der Waals surface area contributed by atoms with E-state index in [-0.39, 0.29) is 5.91 Å². The summed E-state index contributed by atoms with van der Waals surface area (Å²) in [5.74, 6) is 3.96. The first-order chi connectivity index (χ1) is 12.2. The van der Waals surface area contributed by atoms with Crippen molar-refractivity contribution in [3.63, 3.8) is 0 Å². The Balaban J connectivity index is 1.54. The number of rotatable bonds is 10. The maximum Gasteiger partial charge on any atom is 0.230 e. The molecule has 0 spiro atoms. The molecule has 0 aliphatic rings. The van der Waals surface area contributed by atoms with E-state index in [0.717, 1.165) is 33.6 Å². The van der Waals surface area contributed by atoms with E-state index in [2.05, 4.69) is 5.32 Å². The van der Waals surface area contributed by atoms with Gasteiger partial charge in [0.1, 0.15) is 5.75 Å². The van der Waals surface area contributed by atoms with Crippen LogP contribution in [0.3, 0.4) is 0 Å². The molecule has 0 atom stereocenters. The fourth-order valence-electron chi connectivity index (χ4n) is 2.09. The van der Waals surface area contributed by atoms with E-state index in [9.17, 15) is 4.79 Å². The highest BCUT2D eigenvalue weighted by molar-refractivity contribution is 7.99. The lowest BCUT2D eigenvalue weighted by Gasteiger charge is -2.07. The van der Waals surface area contributed by atoms with E-state index in [4.69, 9.17) is 16.3 Å². The van der Waals surface area contributed by atoms with Crippen molar-refractivity contribution in [3.8, 4) is 5.75 Å². The van der Waals surface area contributed by atoms with Gasteiger partial charge >= 0.3 is 0 Å². The van der Waals surface area contributed by atoms with Crippen molar-refractivity contribution < 1.29 is 9.53 Å². The summed E-state index contributed by atoms with van der Waals surface area (Å²) >= 11 is 9.50. The van der Waals surface area contributed by atoms with Crippen LogP contribution in [0.25, 0.3) is 0 Å². The highest BCUT2D eigenvalue weighted by atomic mass is 35.5. The van der Waals surface area contributed by atoms with Crippen molar-refractivity contribution in [1.29, 1.82) is 0 Å². The third-order valence-corrected chi connectivity index (χ3v) is 5.83. The molecule has 134 valence electrons. The normalized spacial score (nSPS) is 10.5. The smallest absolute Gasteiger partial charge is 0.230 e. The molecular formula is C19H22ClNO2S2. The molecule has 25 heavy (non-hydrogen) atoms. The average Bonchev–Trinajstić information content (AvgIpc) is 2.63. The van der Waals surface area contributed by atoms with Crippen LogP contribution in [0.15, 0.2) is 48.5 Å². The molecule has 2 aromatic carbocycles. The Bertz CT molecular complexity index is 665. The monoisotopic (exact) mass is 395 g/mol. The molecule has 0 saturated heterocycles. The van der Waals surface area contributed by atoms with E-state index in [1.165, 1.54) is 5.56 Å². The van der Waals surface area contributed by atoms with Gasteiger partial charge in [0.25, 0.3) is 0 Å². The Morgan fingerprint density at radius 2 is 1.84 bits per heavy atom. The predicted octanol–water partition coefficient (Wildman–Crippen LogP) is 4.63. The molecule has 1 N–H and O–H groups in total. The summed E-state index contributed by atoms with van der Waals surface area (Å²) in [6, 6.07) is 15.8. The molecule has 2 aromatic rings. The number of carbonyl (C=O) groups is 1. The van der Waals surface area contributed by atoms with E-state index in [1.54, 1.807) is 30.6 Å². The molecule has 6 heteroatoms. The Morgan fingerprint density at radius 3 is 2.56 bits per heavy atom. The number of methoxy groups -OCH3 is 1. The summed E-state index contributed by atoms with van der Waals surface area (Å²) < 4.78 is 5.13. The summed E-state index contributed by atoms with van der Waals surface area (Å²) in [7, 11) is 1.65. The lowest BCUT2D eigenvalue weighted by molar-refractivity contribution is -0.118. The number of benzene rings is 2. The molecule has 0 fully saturated rings. The zero-order valence-corrected chi connectivity index (χ0v) is 16.6. The maximum absolute atomic E-state index is 11.8. The first-order valence-corrected chi connectivity index (χ1v) is 10.7. The molecule has 0 radical (unpaired) electrons. The summed E-state index contributed by atoms with van der Waals surface area (Å²) in [6.07, 6.45) is 0. The first kappa shape index (κ1) is 20.0. The van der Waals surface area contributed by atoms with Gasteiger partial charge in [-0.3, -0.25) is 4.79 Å². The van der Waals surface area contributed by atoms with Gasteiger partial charge in [0, 0.05) is 28.8 Å². The number of halogens is 1. The van der Waals surface area contributed by atoms with Crippen LogP contribution in [0, 0.1) is 0 Å². The Morgan fingerprint density at radius 1 is 1.08 bits per heavy atom. The van der Waals surface area contributed by atoms with Crippen LogP contribution in [0.2, 0.25) is 5.02 Å². The highest BCUT2D eigenvalue weighted by Gasteiger charge is 2.03. The number of ether oxygens (including phenoxy) is 1. The Hall–Kier alpha value is -1.30. The maximum atomic E-state index is 11.8. The fourth-order valence-corrected chi connectivity index (χ4v) is 4.06. The van der Waals surface area contributed by atoms with Gasteiger partial charge in [-0.25, -0.2) is 0 Å². The second kappa shape index (κ2) is 11.3. The average molecular weight is 396 g/mol. The largest absolute Gasteiger partial charge is 0.497 e. The molecule has 3 nitrogen and oxygen atoms in total. The zero-order valence-electron chi connectivity index (χ0n) is 14.2. The van der Waals surface area contributed by atoms with Crippen molar-refractivity contribution in [2.75, 3.05) is 25.2 Å². The molecule has 0 aliphatic heterocycles. The number of thioether (sulfide) groups is 2. The van der Waals surface area contributed by atoms with Crippen LogP contribution in [0.5, 0.6) is 5.75 Å². The van der Waals surface area contributed by atoms with Gasteiger partial charge in [0.15, 0.2) is 0 Å². The summed E-state index contributed by atoms with van der Waals surface area (Å²) in [6.45, 7) is 0.678. The molecular weight excluding hydrogens is 374 g/mol. The lowest BCUT2D eigenvalue weighted by Crippen LogP contribution is -2.27. The molecule has 1 amide bonds. The SMILES string of the molecule is COc1ccc(CSCC(=O)NCCSCc2ccccc2Cl)cc1. The van der Waals surface area contributed by atoms with Gasteiger partial charge in [-0.15, -0.1) is 11.8 Å². The molecule has 0 aromatic heterocycles. The predicted molar refractivity (Wildman–Crippen MR) is 110 cm³/mol. The summed E-state index contributed by atoms with van der Waals surface area (Å²) in [4.78, 5) is 11.8. The quantitative estimate of drug-likeness (QED) is 0.595. The zero-order chi connectivity index (χ0) is 17.9. The Kier molecular flexibility index (Phi) is 9.08. The third-order valence-electron chi connectivity index (χ3n) is 3.44. The number of hydrogen-bond donors (Lipinski definition) is 1. The second-order valence-corrected chi connectivity index (χ2v) is 7.83. The Labute approximate surface area is 162 Å². The van der Waals surface area contributed by atoms with Crippen LogP contribution in [0.4, 0.5) is 0 Å². The minimum absolute atomic E-state index is 0.0804. The van der Waals surface area contributed by atoms with Crippen LogP contribution in [-0.2, 0) is 16.3 Å².